The van der Waals surface area contributed by atoms with Gasteiger partial charge in [0.05, 0.1) is 9.21 Å². The van der Waals surface area contributed by atoms with Crippen molar-refractivity contribution in [3.8, 4) is 0 Å². The van der Waals surface area contributed by atoms with Gasteiger partial charge in [-0.2, -0.15) is 0 Å². The first-order valence-corrected chi connectivity index (χ1v) is 5.98. The van der Waals surface area contributed by atoms with E-state index >= 15 is 0 Å². The minimum Gasteiger partial charge on any atom is -0.313 e. The third-order valence-corrected chi connectivity index (χ3v) is 4.50. The first-order valence-electron chi connectivity index (χ1n) is 4.78. The molecule has 1 saturated carbocycles. The number of rotatable bonds is 2. The number of hydrogen-bond donors (Lipinski definition) is 1. The number of nitrogens with one attached hydrogen (secondary N) is 1. The van der Waals surface area contributed by atoms with E-state index < -0.39 is 0 Å². The molecule has 4 rings (SSSR count). The number of thiophene rings is 1. The van der Waals surface area contributed by atoms with Gasteiger partial charge in [-0.3, -0.25) is 4.79 Å². The number of Topliss-reactive ketones (excluding diaryl/α,β-unsaturated/α-hetero) is 1. The number of ketones is 1. The predicted octanol–water partition coefficient (Wildman–Crippen LogP) is 2.19. The minimum atomic E-state index is 0.227. The number of halogens is 1. The van der Waals surface area contributed by atoms with Gasteiger partial charge in [-0.25, -0.2) is 0 Å². The Balaban J connectivity index is 1.83. The first kappa shape index (κ1) is 8.89. The molecule has 1 aromatic heterocycles. The van der Waals surface area contributed by atoms with Gasteiger partial charge < -0.3 is 5.32 Å². The zero-order valence-electron chi connectivity index (χ0n) is 7.50. The van der Waals surface area contributed by atoms with Crippen LogP contribution in [0.2, 0.25) is 4.34 Å². The normalized spacial score (nSPS) is 34.2. The lowest BCUT2D eigenvalue weighted by Gasteiger charge is -2.32. The lowest BCUT2D eigenvalue weighted by molar-refractivity contribution is 0.0789. The van der Waals surface area contributed by atoms with Gasteiger partial charge in [-0.05, 0) is 31.0 Å². The molecule has 2 nitrogen and oxygen atoms in total. The van der Waals surface area contributed by atoms with Crippen molar-refractivity contribution < 1.29 is 4.79 Å². The van der Waals surface area contributed by atoms with Gasteiger partial charge in [0, 0.05) is 12.0 Å². The summed E-state index contributed by atoms with van der Waals surface area (Å²) in [7, 11) is 0. The highest BCUT2D eigenvalue weighted by atomic mass is 35.5. The second kappa shape index (κ2) is 3.05. The average molecular weight is 228 g/mol. The predicted molar refractivity (Wildman–Crippen MR) is 57.0 cm³/mol. The fraction of sp³-hybridized carbons (Fsp3) is 0.500. The maximum Gasteiger partial charge on any atom is 0.177 e. The van der Waals surface area contributed by atoms with Crippen molar-refractivity contribution in [1.29, 1.82) is 0 Å². The van der Waals surface area contributed by atoms with E-state index in [4.69, 9.17) is 11.6 Å². The van der Waals surface area contributed by atoms with Crippen LogP contribution in [0.3, 0.4) is 0 Å². The molecule has 74 valence electrons. The van der Waals surface area contributed by atoms with E-state index in [1.807, 2.05) is 6.07 Å². The van der Waals surface area contributed by atoms with E-state index in [0.717, 1.165) is 11.4 Å². The maximum atomic E-state index is 12.0. The number of fused-ring (bicyclic) bond motifs is 1. The van der Waals surface area contributed by atoms with Crippen LogP contribution in [0.4, 0.5) is 0 Å². The van der Waals surface area contributed by atoms with Crippen LogP contribution in [0.5, 0.6) is 0 Å². The molecule has 3 aliphatic rings. The summed E-state index contributed by atoms with van der Waals surface area (Å²) in [5.74, 6) is 1.09. The standard InChI is InChI=1S/C10H10ClNOS/c11-8-2-1-7(14-8)10(13)9-5-3-6(9)12-4-5/h1-2,5-6,9,12H,3-4H2. The van der Waals surface area contributed by atoms with Crippen molar-refractivity contribution in [2.75, 3.05) is 6.54 Å². The van der Waals surface area contributed by atoms with Crippen molar-refractivity contribution in [1.82, 2.24) is 5.32 Å². The molecule has 1 aromatic rings. The van der Waals surface area contributed by atoms with Gasteiger partial charge in [0.1, 0.15) is 0 Å². The lowest BCUT2D eigenvalue weighted by Crippen LogP contribution is -2.42. The van der Waals surface area contributed by atoms with Gasteiger partial charge in [0.25, 0.3) is 0 Å². The molecule has 3 unspecified atom stereocenters. The molecule has 1 aliphatic carbocycles. The van der Waals surface area contributed by atoms with Crippen LogP contribution in [-0.2, 0) is 0 Å². The molecule has 0 spiro atoms. The van der Waals surface area contributed by atoms with Crippen molar-refractivity contribution in [2.45, 2.75) is 12.5 Å². The SMILES string of the molecule is O=C(c1ccc(Cl)s1)C1C2CNC1C2. The molecule has 3 atom stereocenters. The summed E-state index contributed by atoms with van der Waals surface area (Å²) in [5.41, 5.74) is 0. The molecule has 1 N–H and O–H groups in total. The molecule has 14 heavy (non-hydrogen) atoms. The largest absolute Gasteiger partial charge is 0.313 e. The number of hydrogen-bond acceptors (Lipinski definition) is 3. The second-order valence-corrected chi connectivity index (χ2v) is 5.72. The Morgan fingerprint density at radius 3 is 2.93 bits per heavy atom. The molecule has 2 saturated heterocycles. The number of carbonyl (C=O) groups is 1. The Bertz CT molecular complexity index is 375. The second-order valence-electron chi connectivity index (χ2n) is 4.00. The fourth-order valence-electron chi connectivity index (χ4n) is 2.48. The Morgan fingerprint density at radius 2 is 2.43 bits per heavy atom. The summed E-state index contributed by atoms with van der Waals surface area (Å²) >= 11 is 7.20. The van der Waals surface area contributed by atoms with Crippen LogP contribution in [0.1, 0.15) is 16.1 Å². The first-order chi connectivity index (χ1) is 6.75. The Hall–Kier alpha value is -0.380. The number of carbonyl (C=O) groups excluding carboxylic acids is 1. The summed E-state index contributed by atoms with van der Waals surface area (Å²) in [4.78, 5) is 12.8. The van der Waals surface area contributed by atoms with E-state index in [1.165, 1.54) is 17.8 Å². The van der Waals surface area contributed by atoms with Crippen molar-refractivity contribution >= 4 is 28.7 Å². The van der Waals surface area contributed by atoms with Crippen LogP contribution in [0.25, 0.3) is 0 Å². The summed E-state index contributed by atoms with van der Waals surface area (Å²) < 4.78 is 0.702. The lowest BCUT2D eigenvalue weighted by atomic mass is 9.71. The van der Waals surface area contributed by atoms with Crippen LogP contribution >= 0.6 is 22.9 Å². The molecule has 4 heteroatoms. The Morgan fingerprint density at radius 1 is 1.57 bits per heavy atom. The Labute approximate surface area is 91.3 Å². The summed E-state index contributed by atoms with van der Waals surface area (Å²) in [5, 5.41) is 3.35. The average Bonchev–Trinajstić information content (AvgIpc) is 2.75. The zero-order valence-corrected chi connectivity index (χ0v) is 9.07. The topological polar surface area (TPSA) is 29.1 Å². The van der Waals surface area contributed by atoms with E-state index in [-0.39, 0.29) is 11.7 Å². The molecule has 3 fully saturated rings. The zero-order chi connectivity index (χ0) is 9.71. The van der Waals surface area contributed by atoms with E-state index in [0.29, 0.717) is 16.3 Å². The van der Waals surface area contributed by atoms with E-state index in [2.05, 4.69) is 5.32 Å². The maximum absolute atomic E-state index is 12.0. The van der Waals surface area contributed by atoms with Gasteiger partial charge in [-0.1, -0.05) is 11.6 Å². The quantitative estimate of drug-likeness (QED) is 0.785. The van der Waals surface area contributed by atoms with E-state index in [9.17, 15) is 4.79 Å². The minimum absolute atomic E-state index is 0.227. The van der Waals surface area contributed by atoms with Crippen LogP contribution < -0.4 is 5.32 Å². The molecule has 0 aromatic carbocycles. The molecule has 0 radical (unpaired) electrons. The van der Waals surface area contributed by atoms with Crippen molar-refractivity contribution in [3.63, 3.8) is 0 Å². The van der Waals surface area contributed by atoms with Crippen LogP contribution in [-0.4, -0.2) is 18.4 Å². The summed E-state index contributed by atoms with van der Waals surface area (Å²) in [6, 6.07) is 4.08. The monoisotopic (exact) mass is 227 g/mol. The van der Waals surface area contributed by atoms with Gasteiger partial charge in [0.2, 0.25) is 0 Å². The highest BCUT2D eigenvalue weighted by Gasteiger charge is 2.50. The molecule has 3 heterocycles. The van der Waals surface area contributed by atoms with Gasteiger partial charge >= 0.3 is 0 Å². The van der Waals surface area contributed by atoms with Crippen molar-refractivity contribution in [2.24, 2.45) is 11.8 Å². The highest BCUT2D eigenvalue weighted by Crippen LogP contribution is 2.42. The van der Waals surface area contributed by atoms with Crippen molar-refractivity contribution in [3.05, 3.63) is 21.3 Å². The van der Waals surface area contributed by atoms with Crippen LogP contribution in [0, 0.1) is 11.8 Å². The fourth-order valence-corrected chi connectivity index (χ4v) is 3.51. The van der Waals surface area contributed by atoms with E-state index in [1.54, 1.807) is 6.07 Å². The molecule has 2 aliphatic heterocycles. The Kier molecular flexibility index (Phi) is 1.94. The summed E-state index contributed by atoms with van der Waals surface area (Å²) in [6.45, 7) is 1.01. The molecular formula is C10H10ClNOS. The third-order valence-electron chi connectivity index (χ3n) is 3.26. The summed E-state index contributed by atoms with van der Waals surface area (Å²) in [6.07, 6.45) is 1.18. The molecular weight excluding hydrogens is 218 g/mol. The molecule has 0 amide bonds. The smallest absolute Gasteiger partial charge is 0.177 e. The highest BCUT2D eigenvalue weighted by molar-refractivity contribution is 7.18. The van der Waals surface area contributed by atoms with Gasteiger partial charge in [0.15, 0.2) is 5.78 Å². The third kappa shape index (κ3) is 1.16. The van der Waals surface area contributed by atoms with Gasteiger partial charge in [-0.15, -0.1) is 11.3 Å². The molecule has 2 bridgehead atoms. The van der Waals surface area contributed by atoms with Crippen LogP contribution in [0.15, 0.2) is 12.1 Å².